The lowest BCUT2D eigenvalue weighted by Crippen LogP contribution is -2.32. The van der Waals surface area contributed by atoms with Gasteiger partial charge >= 0.3 is 5.97 Å². The Morgan fingerprint density at radius 1 is 1.19 bits per heavy atom. The summed E-state index contributed by atoms with van der Waals surface area (Å²) < 4.78 is 13.8. The molecule has 21 heavy (non-hydrogen) atoms. The Morgan fingerprint density at radius 3 is 2.48 bits per heavy atom. The highest BCUT2D eigenvalue weighted by molar-refractivity contribution is 5.88. The van der Waals surface area contributed by atoms with Crippen molar-refractivity contribution in [1.82, 2.24) is 0 Å². The predicted molar refractivity (Wildman–Crippen MR) is 80.1 cm³/mol. The Hall–Kier alpha value is -1.58. The molecule has 0 heterocycles. The predicted octanol–water partition coefficient (Wildman–Crippen LogP) is 4.44. The molecule has 0 amide bonds. The number of carbonyl (C=O) groups is 1. The molecule has 3 nitrogen and oxygen atoms in total. The molecule has 0 bridgehead atoms. The number of benzene rings is 1. The van der Waals surface area contributed by atoms with Crippen molar-refractivity contribution in [2.24, 2.45) is 5.41 Å². The lowest BCUT2D eigenvalue weighted by molar-refractivity contribution is 0.0697. The molecule has 3 rings (SSSR count). The molecule has 0 atom stereocenters. The number of anilines is 1. The standard InChI is InChI=1S/C17H22FNO2/c18-14-4-3-12(16(20)21)11-15(14)19-13-5-9-17(10-6-13)7-1-2-8-17/h3-4,11,13,19H,1-2,5-10H2,(H,20,21). The van der Waals surface area contributed by atoms with Crippen LogP contribution in [0.1, 0.15) is 61.7 Å². The molecule has 2 aliphatic carbocycles. The fraction of sp³-hybridized carbons (Fsp3) is 0.588. The van der Waals surface area contributed by atoms with Crippen LogP contribution in [0.15, 0.2) is 18.2 Å². The fourth-order valence-electron chi connectivity index (χ4n) is 3.99. The Kier molecular flexibility index (Phi) is 3.87. The quantitative estimate of drug-likeness (QED) is 0.865. The molecule has 2 fully saturated rings. The number of aromatic carboxylic acids is 1. The zero-order valence-corrected chi connectivity index (χ0v) is 12.2. The number of nitrogens with one attached hydrogen (secondary N) is 1. The number of rotatable bonds is 3. The SMILES string of the molecule is O=C(O)c1ccc(F)c(NC2CCC3(CCCC3)CC2)c1. The third-order valence-corrected chi connectivity index (χ3v) is 5.28. The van der Waals surface area contributed by atoms with Crippen molar-refractivity contribution in [3.8, 4) is 0 Å². The molecule has 1 aromatic carbocycles. The third-order valence-electron chi connectivity index (χ3n) is 5.28. The minimum atomic E-state index is -1.02. The normalized spacial score (nSPS) is 21.6. The van der Waals surface area contributed by atoms with Gasteiger partial charge in [0, 0.05) is 6.04 Å². The van der Waals surface area contributed by atoms with Crippen LogP contribution in [-0.4, -0.2) is 17.1 Å². The molecule has 0 saturated heterocycles. The molecular weight excluding hydrogens is 269 g/mol. The Balaban J connectivity index is 1.65. The van der Waals surface area contributed by atoms with Gasteiger partial charge in [-0.25, -0.2) is 9.18 Å². The van der Waals surface area contributed by atoms with Crippen LogP contribution in [0.5, 0.6) is 0 Å². The first-order valence-corrected chi connectivity index (χ1v) is 7.87. The van der Waals surface area contributed by atoms with E-state index in [-0.39, 0.29) is 17.4 Å². The highest BCUT2D eigenvalue weighted by Crippen LogP contribution is 2.49. The van der Waals surface area contributed by atoms with E-state index in [1.54, 1.807) is 0 Å². The van der Waals surface area contributed by atoms with Gasteiger partial charge in [-0.05, 0) is 62.1 Å². The Bertz CT molecular complexity index is 528. The summed E-state index contributed by atoms with van der Waals surface area (Å²) in [4.78, 5) is 11.0. The van der Waals surface area contributed by atoms with Gasteiger partial charge in [0.1, 0.15) is 5.82 Å². The Labute approximate surface area is 124 Å². The molecule has 2 saturated carbocycles. The summed E-state index contributed by atoms with van der Waals surface area (Å²) in [7, 11) is 0. The van der Waals surface area contributed by atoms with Crippen LogP contribution in [0, 0.1) is 11.2 Å². The molecular formula is C17H22FNO2. The van der Waals surface area contributed by atoms with Gasteiger partial charge < -0.3 is 10.4 Å². The first-order chi connectivity index (χ1) is 10.1. The minimum absolute atomic E-state index is 0.127. The van der Waals surface area contributed by atoms with Crippen molar-refractivity contribution < 1.29 is 14.3 Å². The van der Waals surface area contributed by atoms with Gasteiger partial charge in [-0.1, -0.05) is 12.8 Å². The maximum atomic E-state index is 13.8. The van der Waals surface area contributed by atoms with E-state index in [9.17, 15) is 9.18 Å². The highest BCUT2D eigenvalue weighted by atomic mass is 19.1. The molecule has 0 aromatic heterocycles. The average Bonchev–Trinajstić information content (AvgIpc) is 2.92. The summed E-state index contributed by atoms with van der Waals surface area (Å²) in [5.41, 5.74) is 1.00. The molecule has 1 spiro atoms. The van der Waals surface area contributed by atoms with Gasteiger partial charge in [-0.2, -0.15) is 0 Å². The molecule has 114 valence electrons. The molecule has 0 aliphatic heterocycles. The van der Waals surface area contributed by atoms with Gasteiger partial charge in [0.25, 0.3) is 0 Å². The fourth-order valence-corrected chi connectivity index (χ4v) is 3.99. The maximum Gasteiger partial charge on any atom is 0.335 e. The van der Waals surface area contributed by atoms with Crippen LogP contribution in [0.25, 0.3) is 0 Å². The van der Waals surface area contributed by atoms with Crippen LogP contribution in [0.4, 0.5) is 10.1 Å². The summed E-state index contributed by atoms with van der Waals surface area (Å²) >= 11 is 0. The van der Waals surface area contributed by atoms with Crippen molar-refractivity contribution in [2.45, 2.75) is 57.4 Å². The van der Waals surface area contributed by atoms with Crippen molar-refractivity contribution >= 4 is 11.7 Å². The first kappa shape index (κ1) is 14.4. The van der Waals surface area contributed by atoms with E-state index in [0.717, 1.165) is 12.8 Å². The lowest BCUT2D eigenvalue weighted by Gasteiger charge is -2.38. The van der Waals surface area contributed by atoms with Crippen LogP contribution >= 0.6 is 0 Å². The highest BCUT2D eigenvalue weighted by Gasteiger charge is 2.37. The van der Waals surface area contributed by atoms with Crippen LogP contribution in [0.3, 0.4) is 0 Å². The van der Waals surface area contributed by atoms with Crippen LogP contribution in [-0.2, 0) is 0 Å². The third kappa shape index (κ3) is 3.04. The molecule has 0 unspecified atom stereocenters. The lowest BCUT2D eigenvalue weighted by atomic mass is 9.71. The van der Waals surface area contributed by atoms with E-state index in [4.69, 9.17) is 5.11 Å². The van der Waals surface area contributed by atoms with Crippen LogP contribution < -0.4 is 5.32 Å². The van der Waals surface area contributed by atoms with Gasteiger partial charge in [0.2, 0.25) is 0 Å². The van der Waals surface area contributed by atoms with Gasteiger partial charge in [-0.3, -0.25) is 0 Å². The summed E-state index contributed by atoms with van der Waals surface area (Å²) in [5.74, 6) is -1.40. The van der Waals surface area contributed by atoms with E-state index < -0.39 is 5.97 Å². The van der Waals surface area contributed by atoms with Gasteiger partial charge in [0.15, 0.2) is 0 Å². The van der Waals surface area contributed by atoms with Gasteiger partial charge in [0.05, 0.1) is 11.3 Å². The topological polar surface area (TPSA) is 49.3 Å². The molecule has 2 N–H and O–H groups in total. The number of hydrogen-bond acceptors (Lipinski definition) is 2. The first-order valence-electron chi connectivity index (χ1n) is 7.87. The molecule has 0 radical (unpaired) electrons. The van der Waals surface area contributed by atoms with Crippen molar-refractivity contribution in [1.29, 1.82) is 0 Å². The second-order valence-electron chi connectivity index (χ2n) is 6.63. The van der Waals surface area contributed by atoms with E-state index in [0.29, 0.717) is 11.1 Å². The van der Waals surface area contributed by atoms with Crippen molar-refractivity contribution in [3.05, 3.63) is 29.6 Å². The summed E-state index contributed by atoms with van der Waals surface area (Å²) in [5, 5.41) is 12.2. The van der Waals surface area contributed by atoms with Crippen molar-refractivity contribution in [3.63, 3.8) is 0 Å². The maximum absolute atomic E-state index is 13.8. The number of carboxylic acids is 1. The second-order valence-corrected chi connectivity index (χ2v) is 6.63. The summed E-state index contributed by atoms with van der Waals surface area (Å²) in [6.07, 6.45) is 9.94. The summed E-state index contributed by atoms with van der Waals surface area (Å²) in [6, 6.07) is 4.19. The van der Waals surface area contributed by atoms with Crippen molar-refractivity contribution in [2.75, 3.05) is 5.32 Å². The van der Waals surface area contributed by atoms with E-state index >= 15 is 0 Å². The van der Waals surface area contributed by atoms with E-state index in [1.165, 1.54) is 56.7 Å². The van der Waals surface area contributed by atoms with E-state index in [1.807, 2.05) is 0 Å². The zero-order chi connectivity index (χ0) is 14.9. The van der Waals surface area contributed by atoms with Crippen LogP contribution in [0.2, 0.25) is 0 Å². The minimum Gasteiger partial charge on any atom is -0.478 e. The second kappa shape index (κ2) is 5.66. The largest absolute Gasteiger partial charge is 0.478 e. The number of carboxylic acid groups (broad SMARTS) is 1. The molecule has 2 aliphatic rings. The number of halogens is 1. The Morgan fingerprint density at radius 2 is 1.86 bits per heavy atom. The average molecular weight is 291 g/mol. The zero-order valence-electron chi connectivity index (χ0n) is 12.2. The summed E-state index contributed by atoms with van der Waals surface area (Å²) in [6.45, 7) is 0. The van der Waals surface area contributed by atoms with E-state index in [2.05, 4.69) is 5.32 Å². The monoisotopic (exact) mass is 291 g/mol. The molecule has 4 heteroatoms. The van der Waals surface area contributed by atoms with Gasteiger partial charge in [-0.15, -0.1) is 0 Å². The number of hydrogen-bond donors (Lipinski definition) is 2. The molecule has 1 aromatic rings. The smallest absolute Gasteiger partial charge is 0.335 e.